The number of alkyl halides is 3. The lowest BCUT2D eigenvalue weighted by Gasteiger charge is -2.27. The second-order valence-electron chi connectivity index (χ2n) is 11.7. The number of aliphatic carboxylic acids is 1. The summed E-state index contributed by atoms with van der Waals surface area (Å²) < 4.78 is 72.2. The summed E-state index contributed by atoms with van der Waals surface area (Å²) in [5.41, 5.74) is 7.92. The molecule has 1 fully saturated rings. The van der Waals surface area contributed by atoms with Crippen molar-refractivity contribution in [2.24, 2.45) is 0 Å². The maximum atomic E-state index is 14.0. The van der Waals surface area contributed by atoms with Gasteiger partial charge in [0.2, 0.25) is 15.9 Å². The summed E-state index contributed by atoms with van der Waals surface area (Å²) in [5, 5.41) is 15.2. The third-order valence-electron chi connectivity index (χ3n) is 7.59. The number of hydrogen-bond donors (Lipinski definition) is 4. The Balaban J connectivity index is 0.000000785. The van der Waals surface area contributed by atoms with Crippen molar-refractivity contribution in [3.63, 3.8) is 0 Å². The van der Waals surface area contributed by atoms with Gasteiger partial charge in [0.1, 0.15) is 11.9 Å². The highest BCUT2D eigenvalue weighted by molar-refractivity contribution is 7.99. The van der Waals surface area contributed by atoms with Gasteiger partial charge in [0.25, 0.3) is 0 Å². The number of amides is 1. The molecule has 0 spiro atoms. The Bertz CT molecular complexity index is 1970. The van der Waals surface area contributed by atoms with Gasteiger partial charge in [-0.1, -0.05) is 24.3 Å². The predicted octanol–water partition coefficient (Wildman–Crippen LogP) is 5.84. The number of halogens is 3. The molecule has 4 aromatic rings. The van der Waals surface area contributed by atoms with Crippen molar-refractivity contribution < 1.29 is 45.8 Å². The molecule has 5 rings (SSSR count). The number of nitrogen functional groups attached to an aromatic ring is 1. The lowest BCUT2D eigenvalue weighted by molar-refractivity contribution is -0.192. The number of nitrogens with two attached hydrogens (primary N) is 1. The van der Waals surface area contributed by atoms with Gasteiger partial charge < -0.3 is 30.9 Å². The number of carboxylic acids is 1. The lowest BCUT2D eigenvalue weighted by atomic mass is 10.0. The van der Waals surface area contributed by atoms with E-state index in [1.165, 1.54) is 4.31 Å². The van der Waals surface area contributed by atoms with E-state index >= 15 is 0 Å². The normalized spacial score (nSPS) is 14.2. The third-order valence-corrected chi connectivity index (χ3v) is 10.5. The van der Waals surface area contributed by atoms with E-state index in [2.05, 4.69) is 15.6 Å². The Morgan fingerprint density at radius 3 is 2.38 bits per heavy atom. The van der Waals surface area contributed by atoms with Crippen LogP contribution in [0.1, 0.15) is 37.9 Å². The minimum absolute atomic E-state index is 0.0296. The number of hydrogen-bond acceptors (Lipinski definition) is 10. The maximum absolute atomic E-state index is 14.0. The van der Waals surface area contributed by atoms with Crippen molar-refractivity contribution in [2.75, 3.05) is 42.3 Å². The van der Waals surface area contributed by atoms with Gasteiger partial charge in [-0.15, -0.1) is 0 Å². The standard InChI is InChI=1S/C33H39N5O5S2.C2HF3O2/c1-4-42-29-20-24(9-12-28(29)43-22(2)3)31(37-26-10-11-27-23(19-26)13-14-35-32(27)34)33(39)36-21-25-7-5-6-8-30(25)45(40,41)38-15-17-44-18-16-38;3-2(4,5)1(6)7/h5-14,19-20,22,31,37H,4,15-18,21H2,1-3H3,(H2,34,35)(H,36,39);(H,6,7). The van der Waals surface area contributed by atoms with Gasteiger partial charge in [-0.2, -0.15) is 29.2 Å². The number of pyridine rings is 1. The first-order valence-corrected chi connectivity index (χ1v) is 18.8. The molecule has 3 aromatic carbocycles. The van der Waals surface area contributed by atoms with Gasteiger partial charge in [0.15, 0.2) is 11.5 Å². The summed E-state index contributed by atoms with van der Waals surface area (Å²) in [4.78, 5) is 27.3. The second-order valence-corrected chi connectivity index (χ2v) is 14.8. The molecule has 280 valence electrons. The molecular formula is C35H40F3N5O7S2. The van der Waals surface area contributed by atoms with E-state index in [9.17, 15) is 26.4 Å². The first kappa shape index (κ1) is 40.0. The molecular weight excluding hydrogens is 724 g/mol. The monoisotopic (exact) mass is 763 g/mol. The summed E-state index contributed by atoms with van der Waals surface area (Å²) in [6.07, 6.45) is -3.51. The van der Waals surface area contributed by atoms with Crippen LogP contribution in [0.25, 0.3) is 10.8 Å². The van der Waals surface area contributed by atoms with E-state index in [1.54, 1.807) is 54.4 Å². The number of nitrogens with zero attached hydrogens (tertiary/aromatic N) is 2. The van der Waals surface area contributed by atoms with Gasteiger partial charge in [0.05, 0.1) is 17.6 Å². The van der Waals surface area contributed by atoms with Crippen molar-refractivity contribution in [1.29, 1.82) is 0 Å². The van der Waals surface area contributed by atoms with E-state index < -0.39 is 28.2 Å². The number of rotatable bonds is 12. The Morgan fingerprint density at radius 1 is 1.04 bits per heavy atom. The predicted molar refractivity (Wildman–Crippen MR) is 194 cm³/mol. The number of nitrogens with one attached hydrogen (secondary N) is 2. The summed E-state index contributed by atoms with van der Waals surface area (Å²) in [7, 11) is -3.71. The smallest absolute Gasteiger partial charge is 0.490 e. The molecule has 1 aliphatic heterocycles. The van der Waals surface area contributed by atoms with Gasteiger partial charge in [-0.25, -0.2) is 18.2 Å². The summed E-state index contributed by atoms with van der Waals surface area (Å²) >= 11 is 1.74. The number of carboxylic acid groups (broad SMARTS) is 1. The van der Waals surface area contributed by atoms with Crippen LogP contribution in [0.2, 0.25) is 0 Å². The molecule has 1 aliphatic rings. The lowest BCUT2D eigenvalue weighted by Crippen LogP contribution is -2.39. The number of sulfonamides is 1. The van der Waals surface area contributed by atoms with Crippen molar-refractivity contribution >= 4 is 55.9 Å². The van der Waals surface area contributed by atoms with Crippen LogP contribution in [0, 0.1) is 0 Å². The molecule has 1 unspecified atom stereocenters. The summed E-state index contributed by atoms with van der Waals surface area (Å²) in [6.45, 7) is 7.14. The molecule has 0 radical (unpaired) electrons. The van der Waals surface area contributed by atoms with Crippen LogP contribution < -0.4 is 25.8 Å². The molecule has 0 bridgehead atoms. The number of carbonyl (C=O) groups is 2. The largest absolute Gasteiger partial charge is 0.490 e. The minimum atomic E-state index is -5.08. The van der Waals surface area contributed by atoms with Crippen molar-refractivity contribution in [3.8, 4) is 11.5 Å². The van der Waals surface area contributed by atoms with E-state index in [4.69, 9.17) is 25.1 Å². The fourth-order valence-electron chi connectivity index (χ4n) is 5.19. The van der Waals surface area contributed by atoms with Crippen LogP contribution in [0.4, 0.5) is 24.7 Å². The van der Waals surface area contributed by atoms with E-state index in [1.807, 2.05) is 51.1 Å². The van der Waals surface area contributed by atoms with Crippen molar-refractivity contribution in [2.45, 2.75) is 50.5 Å². The summed E-state index contributed by atoms with van der Waals surface area (Å²) in [5.74, 6) is -0.0522. The summed E-state index contributed by atoms with van der Waals surface area (Å²) in [6, 6.07) is 18.9. The number of anilines is 2. The fourth-order valence-corrected chi connectivity index (χ4v) is 7.99. The van der Waals surface area contributed by atoms with Crippen molar-refractivity contribution in [3.05, 3.63) is 84.1 Å². The van der Waals surface area contributed by atoms with Crippen LogP contribution in [0.15, 0.2) is 77.8 Å². The Morgan fingerprint density at radius 2 is 1.73 bits per heavy atom. The van der Waals surface area contributed by atoms with E-state index in [0.29, 0.717) is 53.8 Å². The van der Waals surface area contributed by atoms with Gasteiger partial charge >= 0.3 is 12.1 Å². The average Bonchev–Trinajstić information content (AvgIpc) is 3.10. The zero-order chi connectivity index (χ0) is 38.1. The molecule has 1 saturated heterocycles. The van der Waals surface area contributed by atoms with E-state index in [-0.39, 0.29) is 23.5 Å². The van der Waals surface area contributed by atoms with Crippen LogP contribution in [-0.4, -0.2) is 78.2 Å². The number of fused-ring (bicyclic) bond motifs is 1. The number of benzene rings is 3. The topological polar surface area (TPSA) is 173 Å². The van der Waals surface area contributed by atoms with Crippen LogP contribution >= 0.6 is 11.8 Å². The first-order chi connectivity index (χ1) is 24.6. The second kappa shape index (κ2) is 17.7. The van der Waals surface area contributed by atoms with Gasteiger partial charge in [-0.3, -0.25) is 4.79 Å². The maximum Gasteiger partial charge on any atom is 0.490 e. The molecule has 5 N–H and O–H groups in total. The first-order valence-electron chi connectivity index (χ1n) is 16.2. The quantitative estimate of drug-likeness (QED) is 0.137. The molecule has 0 aliphatic carbocycles. The van der Waals surface area contributed by atoms with Gasteiger partial charge in [0, 0.05) is 48.4 Å². The van der Waals surface area contributed by atoms with Crippen LogP contribution in [0.5, 0.6) is 11.5 Å². The number of carbonyl (C=O) groups excluding carboxylic acids is 1. The molecule has 1 atom stereocenters. The zero-order valence-corrected chi connectivity index (χ0v) is 30.3. The Labute approximate surface area is 303 Å². The molecule has 1 amide bonds. The van der Waals surface area contributed by atoms with E-state index in [0.717, 1.165) is 22.3 Å². The molecule has 52 heavy (non-hydrogen) atoms. The van der Waals surface area contributed by atoms with Crippen LogP contribution in [-0.2, 0) is 26.2 Å². The molecule has 17 heteroatoms. The SMILES string of the molecule is CCOc1cc(C(Nc2ccc3c(N)nccc3c2)C(=O)NCc2ccccc2S(=O)(=O)N2CCSCC2)ccc1OC(C)C.O=C(O)C(F)(F)F. The van der Waals surface area contributed by atoms with Gasteiger partial charge in [-0.05, 0) is 79.7 Å². The average molecular weight is 764 g/mol. The number of thioether (sulfide) groups is 1. The highest BCUT2D eigenvalue weighted by Crippen LogP contribution is 2.34. The number of ether oxygens (including phenoxy) is 2. The molecule has 12 nitrogen and oxygen atoms in total. The zero-order valence-electron chi connectivity index (χ0n) is 28.6. The third kappa shape index (κ3) is 10.4. The fraction of sp³-hybridized carbons (Fsp3) is 0.343. The Hall–Kier alpha value is -4.74. The highest BCUT2D eigenvalue weighted by atomic mass is 32.2. The minimum Gasteiger partial charge on any atom is -0.490 e. The van der Waals surface area contributed by atoms with Crippen molar-refractivity contribution in [1.82, 2.24) is 14.6 Å². The highest BCUT2D eigenvalue weighted by Gasteiger charge is 2.38. The molecule has 0 saturated carbocycles. The van der Waals surface area contributed by atoms with Crippen LogP contribution in [0.3, 0.4) is 0 Å². The molecule has 1 aromatic heterocycles. The molecule has 2 heterocycles. The Kier molecular flexibility index (Phi) is 13.6. The number of aromatic nitrogens is 1.